The van der Waals surface area contributed by atoms with Gasteiger partial charge in [0.25, 0.3) is 0 Å². The van der Waals surface area contributed by atoms with Crippen LogP contribution in [0, 0.1) is 5.92 Å². The van der Waals surface area contributed by atoms with E-state index in [2.05, 4.69) is 17.4 Å². The Kier molecular flexibility index (Phi) is 5.28. The summed E-state index contributed by atoms with van der Waals surface area (Å²) in [5.74, 6) is 3.83. The maximum absolute atomic E-state index is 5.59. The number of aromatic nitrogens is 2. The van der Waals surface area contributed by atoms with Gasteiger partial charge in [0.2, 0.25) is 5.89 Å². The Bertz CT molecular complexity index is 417. The average Bonchev–Trinajstić information content (AvgIpc) is 3.04. The molecule has 0 bridgehead atoms. The van der Waals surface area contributed by atoms with Gasteiger partial charge < -0.3 is 9.84 Å². The average molecular weight is 291 g/mol. The van der Waals surface area contributed by atoms with Crippen LogP contribution < -0.4 is 5.32 Å². The number of piperidine rings is 1. The van der Waals surface area contributed by atoms with Gasteiger partial charge in [-0.3, -0.25) is 0 Å². The first-order chi connectivity index (χ1) is 10.4. The lowest BCUT2D eigenvalue weighted by molar-refractivity contribution is 0.259. The summed E-state index contributed by atoms with van der Waals surface area (Å²) >= 11 is 0. The molecule has 4 nitrogen and oxygen atoms in total. The van der Waals surface area contributed by atoms with Gasteiger partial charge in [0.1, 0.15) is 0 Å². The highest BCUT2D eigenvalue weighted by Gasteiger charge is 2.28. The van der Waals surface area contributed by atoms with Crippen molar-refractivity contribution in [3.8, 4) is 0 Å². The molecule has 2 fully saturated rings. The van der Waals surface area contributed by atoms with Gasteiger partial charge in [0, 0.05) is 11.8 Å². The summed E-state index contributed by atoms with van der Waals surface area (Å²) in [5.41, 5.74) is 0. The van der Waals surface area contributed by atoms with Crippen LogP contribution in [-0.4, -0.2) is 23.2 Å². The highest BCUT2D eigenvalue weighted by atomic mass is 16.5. The molecule has 1 saturated heterocycles. The molecule has 21 heavy (non-hydrogen) atoms. The van der Waals surface area contributed by atoms with Crippen LogP contribution in [0.2, 0.25) is 0 Å². The molecule has 0 atom stereocenters. The summed E-state index contributed by atoms with van der Waals surface area (Å²) in [4.78, 5) is 4.74. The monoisotopic (exact) mass is 291 g/mol. The van der Waals surface area contributed by atoms with Gasteiger partial charge in [0.05, 0.1) is 0 Å². The van der Waals surface area contributed by atoms with E-state index in [4.69, 9.17) is 9.51 Å². The highest BCUT2D eigenvalue weighted by molar-refractivity contribution is 5.01. The van der Waals surface area contributed by atoms with E-state index in [0.717, 1.165) is 43.6 Å². The molecule has 1 saturated carbocycles. The van der Waals surface area contributed by atoms with Crippen LogP contribution in [0.15, 0.2) is 4.52 Å². The highest BCUT2D eigenvalue weighted by Crippen LogP contribution is 2.37. The van der Waals surface area contributed by atoms with E-state index < -0.39 is 0 Å². The Labute approximate surface area is 128 Å². The van der Waals surface area contributed by atoms with Crippen molar-refractivity contribution < 1.29 is 4.52 Å². The van der Waals surface area contributed by atoms with Gasteiger partial charge in [-0.1, -0.05) is 31.3 Å². The molecule has 0 unspecified atom stereocenters. The minimum Gasteiger partial charge on any atom is -0.339 e. The lowest BCUT2D eigenvalue weighted by Gasteiger charge is -2.26. The lowest BCUT2D eigenvalue weighted by atomic mass is 9.80. The van der Waals surface area contributed by atoms with Gasteiger partial charge in [-0.2, -0.15) is 4.98 Å². The van der Waals surface area contributed by atoms with Crippen molar-refractivity contribution in [3.63, 3.8) is 0 Å². The third kappa shape index (κ3) is 3.85. The van der Waals surface area contributed by atoms with E-state index in [9.17, 15) is 0 Å². The molecule has 1 aromatic heterocycles. The fourth-order valence-corrected chi connectivity index (χ4v) is 3.85. The van der Waals surface area contributed by atoms with Crippen LogP contribution in [0.25, 0.3) is 0 Å². The second-order valence-electron chi connectivity index (χ2n) is 6.87. The Morgan fingerprint density at radius 2 is 1.81 bits per heavy atom. The number of hydrogen-bond acceptors (Lipinski definition) is 4. The molecule has 0 spiro atoms. The zero-order valence-electron chi connectivity index (χ0n) is 13.3. The lowest BCUT2D eigenvalue weighted by Crippen LogP contribution is -2.27. The summed E-state index contributed by atoms with van der Waals surface area (Å²) in [6, 6.07) is 0. The van der Waals surface area contributed by atoms with Gasteiger partial charge in [-0.05, 0) is 57.5 Å². The van der Waals surface area contributed by atoms with Crippen molar-refractivity contribution in [2.24, 2.45) is 5.92 Å². The molecule has 0 radical (unpaired) electrons. The maximum atomic E-state index is 5.59. The molecule has 118 valence electrons. The van der Waals surface area contributed by atoms with Crippen LogP contribution in [0.5, 0.6) is 0 Å². The number of hydrogen-bond donors (Lipinski definition) is 1. The Morgan fingerprint density at radius 3 is 2.52 bits per heavy atom. The van der Waals surface area contributed by atoms with Crippen molar-refractivity contribution in [2.75, 3.05) is 13.1 Å². The van der Waals surface area contributed by atoms with Gasteiger partial charge in [0.15, 0.2) is 5.82 Å². The van der Waals surface area contributed by atoms with Gasteiger partial charge >= 0.3 is 0 Å². The van der Waals surface area contributed by atoms with Crippen molar-refractivity contribution in [3.05, 3.63) is 11.7 Å². The minimum absolute atomic E-state index is 0.504. The molecular weight excluding hydrogens is 262 g/mol. The van der Waals surface area contributed by atoms with Crippen molar-refractivity contribution in [1.29, 1.82) is 0 Å². The topological polar surface area (TPSA) is 51.0 Å². The number of nitrogens with one attached hydrogen (secondary N) is 1. The molecule has 1 N–H and O–H groups in total. The van der Waals surface area contributed by atoms with Crippen LogP contribution in [0.1, 0.15) is 88.3 Å². The maximum Gasteiger partial charge on any atom is 0.229 e. The molecule has 3 rings (SSSR count). The van der Waals surface area contributed by atoms with E-state index in [0.29, 0.717) is 11.8 Å². The second-order valence-corrected chi connectivity index (χ2v) is 6.87. The quantitative estimate of drug-likeness (QED) is 0.891. The van der Waals surface area contributed by atoms with Crippen LogP contribution >= 0.6 is 0 Å². The van der Waals surface area contributed by atoms with Gasteiger partial charge in [-0.15, -0.1) is 0 Å². The fourth-order valence-electron chi connectivity index (χ4n) is 3.85. The molecule has 0 amide bonds. The van der Waals surface area contributed by atoms with E-state index in [-0.39, 0.29) is 0 Å². The molecule has 2 aliphatic rings. The minimum atomic E-state index is 0.504. The predicted molar refractivity (Wildman–Crippen MR) is 83.4 cm³/mol. The van der Waals surface area contributed by atoms with Crippen molar-refractivity contribution in [2.45, 2.75) is 76.5 Å². The summed E-state index contributed by atoms with van der Waals surface area (Å²) in [7, 11) is 0. The Hall–Kier alpha value is -0.900. The first-order valence-electron chi connectivity index (χ1n) is 8.91. The molecule has 1 aliphatic heterocycles. The van der Waals surface area contributed by atoms with Crippen molar-refractivity contribution in [1.82, 2.24) is 15.5 Å². The van der Waals surface area contributed by atoms with Crippen molar-refractivity contribution >= 4 is 0 Å². The first-order valence-corrected chi connectivity index (χ1v) is 8.91. The Morgan fingerprint density at radius 1 is 1.05 bits per heavy atom. The van der Waals surface area contributed by atoms with E-state index >= 15 is 0 Å². The standard InChI is InChI=1S/C17H29N3O/c1-2-3-4-13-5-7-15(8-6-13)17-19-16(20-21-17)14-9-11-18-12-10-14/h13-15,18H,2-12H2,1H3. The van der Waals surface area contributed by atoms with Gasteiger partial charge in [-0.25, -0.2) is 0 Å². The largest absolute Gasteiger partial charge is 0.339 e. The number of rotatable bonds is 5. The normalized spacial score (nSPS) is 27.9. The van der Waals surface area contributed by atoms with E-state index in [1.807, 2.05) is 0 Å². The predicted octanol–water partition coefficient (Wildman–Crippen LogP) is 4.00. The smallest absolute Gasteiger partial charge is 0.229 e. The molecule has 4 heteroatoms. The molecule has 0 aromatic carbocycles. The van der Waals surface area contributed by atoms with Crippen LogP contribution in [0.4, 0.5) is 0 Å². The first kappa shape index (κ1) is 15.0. The SMILES string of the molecule is CCCCC1CCC(c2nc(C3CCNCC3)no2)CC1. The molecule has 2 heterocycles. The number of nitrogens with zero attached hydrogens (tertiary/aromatic N) is 2. The van der Waals surface area contributed by atoms with E-state index in [1.165, 1.54) is 44.9 Å². The zero-order valence-corrected chi connectivity index (χ0v) is 13.3. The van der Waals surface area contributed by atoms with Crippen LogP contribution in [-0.2, 0) is 0 Å². The zero-order chi connectivity index (χ0) is 14.5. The fraction of sp³-hybridized carbons (Fsp3) is 0.882. The third-order valence-corrected chi connectivity index (χ3v) is 5.32. The summed E-state index contributed by atoms with van der Waals surface area (Å²) < 4.78 is 5.59. The molecular formula is C17H29N3O. The van der Waals surface area contributed by atoms with Crippen LogP contribution in [0.3, 0.4) is 0 Å². The number of unbranched alkanes of at least 4 members (excludes halogenated alkanes) is 1. The second kappa shape index (κ2) is 7.39. The third-order valence-electron chi connectivity index (χ3n) is 5.32. The summed E-state index contributed by atoms with van der Waals surface area (Å²) in [5, 5.41) is 7.66. The molecule has 1 aliphatic carbocycles. The summed E-state index contributed by atoms with van der Waals surface area (Å²) in [6.45, 7) is 4.44. The molecule has 1 aromatic rings. The Balaban J connectivity index is 1.52. The van der Waals surface area contributed by atoms with E-state index in [1.54, 1.807) is 0 Å². The summed E-state index contributed by atoms with van der Waals surface area (Å²) in [6.07, 6.45) is 11.6.